The van der Waals surface area contributed by atoms with E-state index >= 15 is 0 Å². The number of hydrogen-bond donors (Lipinski definition) is 2. The first-order valence-electron chi connectivity index (χ1n) is 6.74. The smallest absolute Gasteiger partial charge is 0.0653 e. The Balaban J connectivity index is 2.40. The summed E-state index contributed by atoms with van der Waals surface area (Å²) in [6.07, 6.45) is 4.98. The predicted molar refractivity (Wildman–Crippen MR) is 80.1 cm³/mol. The van der Waals surface area contributed by atoms with Crippen LogP contribution in [0.3, 0.4) is 0 Å². The molecule has 5 nitrogen and oxygen atoms in total. The van der Waals surface area contributed by atoms with E-state index in [1.54, 1.807) is 0 Å². The second kappa shape index (κ2) is 8.85. The van der Waals surface area contributed by atoms with Crippen LogP contribution in [0.5, 0.6) is 0 Å². The second-order valence-electron chi connectivity index (χ2n) is 4.90. The Hall–Kier alpha value is -1.17. The Labute approximate surface area is 116 Å². The maximum absolute atomic E-state index is 5.51. The molecule has 1 heterocycles. The van der Waals surface area contributed by atoms with Gasteiger partial charge < -0.3 is 15.4 Å². The van der Waals surface area contributed by atoms with Gasteiger partial charge in [-0.3, -0.25) is 5.43 Å². The van der Waals surface area contributed by atoms with Gasteiger partial charge in [0.15, 0.2) is 0 Å². The topological polar surface area (TPSA) is 62.9 Å². The molecule has 0 atom stereocenters. The quantitative estimate of drug-likeness (QED) is 0.535. The van der Waals surface area contributed by atoms with Crippen molar-refractivity contribution in [3.05, 3.63) is 23.4 Å². The van der Waals surface area contributed by atoms with Crippen molar-refractivity contribution in [3.63, 3.8) is 0 Å². The molecule has 108 valence electrons. The zero-order valence-corrected chi connectivity index (χ0v) is 12.3. The zero-order valence-electron chi connectivity index (χ0n) is 12.3. The SMILES string of the molecule is C/C(=C\N/N=C(\C)C1=CCOCC1)CN(C)CCN. The van der Waals surface area contributed by atoms with Gasteiger partial charge in [-0.2, -0.15) is 5.10 Å². The highest BCUT2D eigenvalue weighted by atomic mass is 16.5. The summed E-state index contributed by atoms with van der Waals surface area (Å²) in [4.78, 5) is 2.19. The lowest BCUT2D eigenvalue weighted by atomic mass is 10.1. The molecule has 0 spiro atoms. The largest absolute Gasteiger partial charge is 0.377 e. The van der Waals surface area contributed by atoms with Gasteiger partial charge >= 0.3 is 0 Å². The fourth-order valence-corrected chi connectivity index (χ4v) is 1.94. The van der Waals surface area contributed by atoms with Crippen LogP contribution >= 0.6 is 0 Å². The van der Waals surface area contributed by atoms with Crippen LogP contribution in [-0.4, -0.2) is 50.5 Å². The minimum Gasteiger partial charge on any atom is -0.377 e. The average Bonchev–Trinajstić information content (AvgIpc) is 2.39. The number of nitrogens with two attached hydrogens (primary N) is 1. The van der Waals surface area contributed by atoms with E-state index in [2.05, 4.69) is 35.5 Å². The van der Waals surface area contributed by atoms with Gasteiger partial charge in [0, 0.05) is 25.8 Å². The van der Waals surface area contributed by atoms with Crippen molar-refractivity contribution < 1.29 is 4.74 Å². The highest BCUT2D eigenvalue weighted by molar-refractivity contribution is 5.98. The lowest BCUT2D eigenvalue weighted by Crippen LogP contribution is -2.27. The number of nitrogens with one attached hydrogen (secondary N) is 1. The molecule has 0 radical (unpaired) electrons. The summed E-state index contributed by atoms with van der Waals surface area (Å²) in [5.41, 5.74) is 12.1. The molecule has 0 amide bonds. The molecule has 0 saturated heterocycles. The third-order valence-electron chi connectivity index (χ3n) is 3.00. The maximum Gasteiger partial charge on any atom is 0.0653 e. The number of hydrogen-bond acceptors (Lipinski definition) is 5. The van der Waals surface area contributed by atoms with E-state index in [-0.39, 0.29) is 0 Å². The Kier molecular flexibility index (Phi) is 7.40. The van der Waals surface area contributed by atoms with Crippen LogP contribution in [0.2, 0.25) is 0 Å². The minimum atomic E-state index is 0.685. The van der Waals surface area contributed by atoms with Crippen molar-refractivity contribution in [3.8, 4) is 0 Å². The van der Waals surface area contributed by atoms with Crippen molar-refractivity contribution in [2.24, 2.45) is 10.8 Å². The van der Waals surface area contributed by atoms with E-state index in [0.29, 0.717) is 13.2 Å². The molecule has 0 unspecified atom stereocenters. The van der Waals surface area contributed by atoms with Gasteiger partial charge in [-0.25, -0.2) is 0 Å². The van der Waals surface area contributed by atoms with Crippen LogP contribution in [-0.2, 0) is 4.74 Å². The van der Waals surface area contributed by atoms with Gasteiger partial charge in [-0.05, 0) is 38.5 Å². The summed E-state index contributed by atoms with van der Waals surface area (Å²) < 4.78 is 5.28. The molecule has 0 fully saturated rings. The Morgan fingerprint density at radius 2 is 2.37 bits per heavy atom. The molecule has 1 aliphatic rings. The van der Waals surface area contributed by atoms with E-state index in [1.165, 1.54) is 11.1 Å². The van der Waals surface area contributed by atoms with Gasteiger partial charge in [-0.1, -0.05) is 6.08 Å². The Morgan fingerprint density at radius 3 is 3.00 bits per heavy atom. The van der Waals surface area contributed by atoms with Gasteiger partial charge in [0.2, 0.25) is 0 Å². The summed E-state index contributed by atoms with van der Waals surface area (Å²) in [7, 11) is 2.06. The van der Waals surface area contributed by atoms with Crippen LogP contribution in [0, 0.1) is 0 Å². The van der Waals surface area contributed by atoms with Gasteiger partial charge in [-0.15, -0.1) is 0 Å². The summed E-state index contributed by atoms with van der Waals surface area (Å²) in [5, 5.41) is 4.36. The van der Waals surface area contributed by atoms with Gasteiger partial charge in [0.25, 0.3) is 0 Å². The molecule has 3 N–H and O–H groups in total. The molecule has 0 aromatic rings. The van der Waals surface area contributed by atoms with Crippen molar-refractivity contribution in [1.82, 2.24) is 10.3 Å². The van der Waals surface area contributed by atoms with E-state index in [4.69, 9.17) is 10.5 Å². The van der Waals surface area contributed by atoms with E-state index in [1.807, 2.05) is 13.1 Å². The van der Waals surface area contributed by atoms with Gasteiger partial charge in [0.1, 0.15) is 0 Å². The fourth-order valence-electron chi connectivity index (χ4n) is 1.94. The van der Waals surface area contributed by atoms with E-state index in [0.717, 1.165) is 31.8 Å². The third kappa shape index (κ3) is 6.52. The highest BCUT2D eigenvalue weighted by Gasteiger charge is 2.06. The van der Waals surface area contributed by atoms with Crippen molar-refractivity contribution in [2.75, 3.05) is 39.9 Å². The van der Waals surface area contributed by atoms with Crippen LogP contribution in [0.25, 0.3) is 0 Å². The van der Waals surface area contributed by atoms with Crippen LogP contribution in [0.15, 0.2) is 28.5 Å². The molecule has 5 heteroatoms. The first-order valence-corrected chi connectivity index (χ1v) is 6.74. The number of ether oxygens (including phenoxy) is 1. The van der Waals surface area contributed by atoms with Crippen molar-refractivity contribution in [1.29, 1.82) is 0 Å². The minimum absolute atomic E-state index is 0.685. The van der Waals surface area contributed by atoms with Crippen molar-refractivity contribution >= 4 is 5.71 Å². The van der Waals surface area contributed by atoms with Crippen LogP contribution in [0.1, 0.15) is 20.3 Å². The van der Waals surface area contributed by atoms with E-state index in [9.17, 15) is 0 Å². The molecule has 0 saturated carbocycles. The molecular weight excluding hydrogens is 240 g/mol. The number of likely N-dealkylation sites (N-methyl/N-ethyl adjacent to an activating group) is 1. The van der Waals surface area contributed by atoms with Crippen molar-refractivity contribution in [2.45, 2.75) is 20.3 Å². The second-order valence-corrected chi connectivity index (χ2v) is 4.90. The summed E-state index contributed by atoms with van der Waals surface area (Å²) in [5.74, 6) is 0. The number of nitrogens with zero attached hydrogens (tertiary/aromatic N) is 2. The first kappa shape index (κ1) is 15.9. The standard InChI is InChI=1S/C14H26N4O/c1-12(11-18(3)7-6-15)10-16-17-13(2)14-4-8-19-9-5-14/h4,10,16H,5-9,11,15H2,1-3H3/b12-10+,17-13+. The summed E-state index contributed by atoms with van der Waals surface area (Å²) >= 11 is 0. The Bertz CT molecular complexity index is 360. The predicted octanol–water partition coefficient (Wildman–Crippen LogP) is 1.09. The van der Waals surface area contributed by atoms with Crippen LogP contribution < -0.4 is 11.2 Å². The number of rotatable bonds is 7. The number of hydrazone groups is 1. The maximum atomic E-state index is 5.51. The lowest BCUT2D eigenvalue weighted by molar-refractivity contribution is 0.156. The Morgan fingerprint density at radius 1 is 1.58 bits per heavy atom. The summed E-state index contributed by atoms with van der Waals surface area (Å²) in [6.45, 7) is 8.07. The molecule has 0 bridgehead atoms. The average molecular weight is 266 g/mol. The zero-order chi connectivity index (χ0) is 14.1. The lowest BCUT2D eigenvalue weighted by Gasteiger charge is -2.15. The molecule has 0 aromatic heterocycles. The first-order chi connectivity index (χ1) is 9.13. The summed E-state index contributed by atoms with van der Waals surface area (Å²) in [6, 6.07) is 0. The molecule has 0 aromatic carbocycles. The normalized spacial score (nSPS) is 17.6. The van der Waals surface area contributed by atoms with Crippen LogP contribution in [0.4, 0.5) is 0 Å². The molecular formula is C14H26N4O. The highest BCUT2D eigenvalue weighted by Crippen LogP contribution is 2.09. The monoisotopic (exact) mass is 266 g/mol. The van der Waals surface area contributed by atoms with E-state index < -0.39 is 0 Å². The van der Waals surface area contributed by atoms with Gasteiger partial charge in [0.05, 0.1) is 18.9 Å². The molecule has 19 heavy (non-hydrogen) atoms. The molecule has 1 aliphatic heterocycles. The molecule has 1 rings (SSSR count). The fraction of sp³-hybridized carbons (Fsp3) is 0.643. The third-order valence-corrected chi connectivity index (χ3v) is 3.00. The molecule has 0 aliphatic carbocycles.